The fraction of sp³-hybridized carbons (Fsp3) is 0.100. The highest BCUT2D eigenvalue weighted by atomic mass is 14.7. The Kier molecular flexibility index (Phi) is 7.96. The quantitative estimate of drug-likeness (QED) is 0.162. The molecule has 0 radical (unpaired) electrons. The lowest BCUT2D eigenvalue weighted by Gasteiger charge is -2.23. The lowest BCUT2D eigenvalue weighted by atomic mass is 9.80. The number of aromatic nitrogens is 2. The fourth-order valence-electron chi connectivity index (χ4n) is 10.9. The molecular formula is C60H44N2. The zero-order valence-corrected chi connectivity index (χ0v) is 35.4. The average molecular weight is 793 g/mol. The minimum atomic E-state index is -0.124. The highest BCUT2D eigenvalue weighted by molar-refractivity contribution is 6.23. The summed E-state index contributed by atoms with van der Waals surface area (Å²) in [6.45, 7) is 9.48. The van der Waals surface area contributed by atoms with Crippen LogP contribution in [0.1, 0.15) is 49.9 Å². The van der Waals surface area contributed by atoms with Crippen LogP contribution < -0.4 is 0 Å². The minimum Gasteiger partial charge on any atom is -0.256 e. The van der Waals surface area contributed by atoms with E-state index < -0.39 is 0 Å². The van der Waals surface area contributed by atoms with Gasteiger partial charge in [-0.05, 0) is 154 Å². The van der Waals surface area contributed by atoms with E-state index in [-0.39, 0.29) is 10.8 Å². The predicted molar refractivity (Wildman–Crippen MR) is 259 cm³/mol. The van der Waals surface area contributed by atoms with Crippen molar-refractivity contribution in [2.45, 2.75) is 38.5 Å². The second-order valence-electron chi connectivity index (χ2n) is 18.1. The third-order valence-electron chi connectivity index (χ3n) is 14.0. The van der Waals surface area contributed by atoms with Crippen LogP contribution in [-0.2, 0) is 10.8 Å². The van der Waals surface area contributed by atoms with Crippen molar-refractivity contribution in [1.29, 1.82) is 0 Å². The molecule has 2 aliphatic rings. The monoisotopic (exact) mass is 792 g/mol. The van der Waals surface area contributed by atoms with Crippen molar-refractivity contribution in [2.75, 3.05) is 0 Å². The average Bonchev–Trinajstić information content (AvgIpc) is 3.70. The third-order valence-corrected chi connectivity index (χ3v) is 14.0. The van der Waals surface area contributed by atoms with Crippen molar-refractivity contribution in [2.24, 2.45) is 0 Å². The molecule has 294 valence electrons. The molecule has 8 aromatic carbocycles. The summed E-state index contributed by atoms with van der Waals surface area (Å²) in [6, 6.07) is 67.4. The van der Waals surface area contributed by atoms with Gasteiger partial charge in [0.15, 0.2) is 0 Å². The maximum Gasteiger partial charge on any atom is 0.0702 e. The first-order valence-electron chi connectivity index (χ1n) is 21.7. The van der Waals surface area contributed by atoms with E-state index in [9.17, 15) is 0 Å². The van der Waals surface area contributed by atoms with Gasteiger partial charge in [-0.3, -0.25) is 9.97 Å². The molecule has 0 N–H and O–H groups in total. The van der Waals surface area contributed by atoms with Gasteiger partial charge in [0.25, 0.3) is 0 Å². The van der Waals surface area contributed by atoms with Crippen molar-refractivity contribution in [3.05, 3.63) is 217 Å². The first-order chi connectivity index (χ1) is 30.3. The molecule has 0 saturated heterocycles. The molecule has 62 heavy (non-hydrogen) atoms. The molecule has 0 aliphatic heterocycles. The molecule has 0 spiro atoms. The Hall–Kier alpha value is -7.42. The Balaban J connectivity index is 1.18. The SMILES string of the molecule is CC1(C)c2ccccc2-c2ccc(-c3ccc4c(-c5cc(-c6ccccn6)cc(-c6ccccn6)c5)c5ccccc5c(-c5cccc6c5-c5ccccc5C6(C)C)c4c3)cc21. The first-order valence-corrected chi connectivity index (χ1v) is 21.7. The second kappa shape index (κ2) is 13.5. The summed E-state index contributed by atoms with van der Waals surface area (Å²) in [4.78, 5) is 9.67. The number of nitrogens with zero attached hydrogens (tertiary/aromatic N) is 2. The van der Waals surface area contributed by atoms with E-state index in [0.717, 1.165) is 28.1 Å². The van der Waals surface area contributed by atoms with Crippen LogP contribution >= 0.6 is 0 Å². The second-order valence-corrected chi connectivity index (χ2v) is 18.1. The molecule has 2 aromatic heterocycles. The van der Waals surface area contributed by atoms with E-state index in [4.69, 9.17) is 9.97 Å². The van der Waals surface area contributed by atoms with Crippen LogP contribution in [0.5, 0.6) is 0 Å². The Morgan fingerprint density at radius 1 is 0.290 bits per heavy atom. The van der Waals surface area contributed by atoms with Gasteiger partial charge < -0.3 is 0 Å². The molecule has 10 aromatic rings. The summed E-state index contributed by atoms with van der Waals surface area (Å²) in [5.41, 5.74) is 21.9. The molecule has 0 bridgehead atoms. The van der Waals surface area contributed by atoms with E-state index in [2.05, 4.69) is 198 Å². The molecular weight excluding hydrogens is 749 g/mol. The fourth-order valence-corrected chi connectivity index (χ4v) is 10.9. The molecule has 12 rings (SSSR count). The predicted octanol–water partition coefficient (Wildman–Crippen LogP) is 15.7. The Labute approximate surface area is 363 Å². The standard InChI is InChI=1S/C60H44N2/c1-59(2)51-22-10-8-19-47(51)58-48(20-15-23-52(58)59)57-45-18-6-5-17-44(45)56(41-33-39(54-24-11-13-30-61-54)32-40(34-41)55-25-12-14-31-62-55)46-29-27-37(35-49(46)57)38-26-28-43-42-16-7-9-21-50(42)60(3,4)53(43)36-38/h5-36H,1-4H3. The van der Waals surface area contributed by atoms with Gasteiger partial charge >= 0.3 is 0 Å². The number of rotatable bonds is 5. The Morgan fingerprint density at radius 3 is 1.48 bits per heavy atom. The smallest absolute Gasteiger partial charge is 0.0702 e. The van der Waals surface area contributed by atoms with Crippen molar-refractivity contribution in [3.63, 3.8) is 0 Å². The van der Waals surface area contributed by atoms with Crippen LogP contribution in [0, 0.1) is 0 Å². The molecule has 0 unspecified atom stereocenters. The summed E-state index contributed by atoms with van der Waals surface area (Å²) >= 11 is 0. The van der Waals surface area contributed by atoms with E-state index in [1.54, 1.807) is 0 Å². The summed E-state index contributed by atoms with van der Waals surface area (Å²) < 4.78 is 0. The van der Waals surface area contributed by atoms with Crippen LogP contribution in [-0.4, -0.2) is 9.97 Å². The number of fused-ring (bicyclic) bond motifs is 8. The molecule has 0 amide bonds. The van der Waals surface area contributed by atoms with E-state index in [1.807, 2.05) is 24.5 Å². The normalized spacial score (nSPS) is 14.1. The third kappa shape index (κ3) is 5.36. The molecule has 2 heteroatoms. The summed E-state index contributed by atoms with van der Waals surface area (Å²) in [5, 5.41) is 4.89. The van der Waals surface area contributed by atoms with Crippen molar-refractivity contribution in [1.82, 2.24) is 9.97 Å². The van der Waals surface area contributed by atoms with Gasteiger partial charge in [-0.25, -0.2) is 0 Å². The zero-order chi connectivity index (χ0) is 41.7. The van der Waals surface area contributed by atoms with Crippen LogP contribution in [0.25, 0.3) is 99.7 Å². The minimum absolute atomic E-state index is 0.0952. The van der Waals surface area contributed by atoms with Crippen molar-refractivity contribution in [3.8, 4) is 78.1 Å². The van der Waals surface area contributed by atoms with Gasteiger partial charge in [0, 0.05) is 34.4 Å². The van der Waals surface area contributed by atoms with E-state index in [1.165, 1.54) is 93.9 Å². The van der Waals surface area contributed by atoms with Crippen molar-refractivity contribution < 1.29 is 0 Å². The molecule has 2 nitrogen and oxygen atoms in total. The van der Waals surface area contributed by atoms with Crippen molar-refractivity contribution >= 4 is 21.5 Å². The molecule has 0 fully saturated rings. The number of pyridine rings is 2. The van der Waals surface area contributed by atoms with Crippen LogP contribution in [0.4, 0.5) is 0 Å². The maximum atomic E-state index is 4.83. The van der Waals surface area contributed by atoms with Crippen LogP contribution in [0.3, 0.4) is 0 Å². The van der Waals surface area contributed by atoms with Gasteiger partial charge in [0.1, 0.15) is 0 Å². The lowest BCUT2D eigenvalue weighted by molar-refractivity contribution is 0.660. The van der Waals surface area contributed by atoms with Gasteiger partial charge in [0.05, 0.1) is 11.4 Å². The van der Waals surface area contributed by atoms with Gasteiger partial charge in [-0.1, -0.05) is 155 Å². The zero-order valence-electron chi connectivity index (χ0n) is 35.4. The van der Waals surface area contributed by atoms with Crippen LogP contribution in [0.2, 0.25) is 0 Å². The molecule has 2 heterocycles. The Morgan fingerprint density at radius 2 is 0.790 bits per heavy atom. The topological polar surface area (TPSA) is 25.8 Å². The Bertz CT molecular complexity index is 3390. The van der Waals surface area contributed by atoms with E-state index >= 15 is 0 Å². The first kappa shape index (κ1) is 36.4. The van der Waals surface area contributed by atoms with Gasteiger partial charge in [0.2, 0.25) is 0 Å². The summed E-state index contributed by atoms with van der Waals surface area (Å²) in [6.07, 6.45) is 3.75. The number of benzene rings is 8. The van der Waals surface area contributed by atoms with Gasteiger partial charge in [-0.2, -0.15) is 0 Å². The maximum absolute atomic E-state index is 4.83. The number of hydrogen-bond donors (Lipinski definition) is 0. The van der Waals surface area contributed by atoms with Gasteiger partial charge in [-0.15, -0.1) is 0 Å². The molecule has 2 aliphatic carbocycles. The lowest BCUT2D eigenvalue weighted by Crippen LogP contribution is -2.14. The highest BCUT2D eigenvalue weighted by Gasteiger charge is 2.38. The summed E-state index contributed by atoms with van der Waals surface area (Å²) in [7, 11) is 0. The highest BCUT2D eigenvalue weighted by Crippen LogP contribution is 2.55. The van der Waals surface area contributed by atoms with Crippen LogP contribution in [0.15, 0.2) is 194 Å². The largest absolute Gasteiger partial charge is 0.256 e. The summed E-state index contributed by atoms with van der Waals surface area (Å²) in [5.74, 6) is 0. The molecule has 0 atom stereocenters. The number of hydrogen-bond acceptors (Lipinski definition) is 2. The molecule has 0 saturated carbocycles. The van der Waals surface area contributed by atoms with E-state index in [0.29, 0.717) is 0 Å².